The van der Waals surface area contributed by atoms with Crippen molar-refractivity contribution in [3.05, 3.63) is 17.0 Å². The number of aromatic nitrogens is 2. The highest BCUT2D eigenvalue weighted by Crippen LogP contribution is 2.41. The first-order chi connectivity index (χ1) is 6.95. The van der Waals surface area contributed by atoms with E-state index in [9.17, 15) is 0 Å². The maximum absolute atomic E-state index is 4.49. The molecule has 1 atom stereocenters. The van der Waals surface area contributed by atoms with Crippen molar-refractivity contribution in [1.82, 2.24) is 15.5 Å². The van der Waals surface area contributed by atoms with E-state index in [0.29, 0.717) is 5.25 Å². The van der Waals surface area contributed by atoms with Crippen molar-refractivity contribution in [2.24, 2.45) is 0 Å². The van der Waals surface area contributed by atoms with Gasteiger partial charge in [-0.3, -0.25) is 5.10 Å². The minimum Gasteiger partial charge on any atom is -0.311 e. The van der Waals surface area contributed by atoms with E-state index in [0.717, 1.165) is 19.5 Å². The van der Waals surface area contributed by atoms with Gasteiger partial charge in [0.1, 0.15) is 0 Å². The molecule has 1 unspecified atom stereocenters. The molecule has 76 valence electrons. The van der Waals surface area contributed by atoms with E-state index in [2.05, 4.69) is 27.3 Å². The summed E-state index contributed by atoms with van der Waals surface area (Å²) in [6, 6.07) is 0. The van der Waals surface area contributed by atoms with Crippen LogP contribution < -0.4 is 5.32 Å². The van der Waals surface area contributed by atoms with Crippen molar-refractivity contribution in [3.63, 3.8) is 0 Å². The molecule has 3 heterocycles. The van der Waals surface area contributed by atoms with E-state index < -0.39 is 0 Å². The lowest BCUT2D eigenvalue weighted by molar-refractivity contribution is 0.630. The quantitative estimate of drug-likeness (QED) is 0.738. The predicted molar refractivity (Wildman–Crippen MR) is 58.4 cm³/mol. The van der Waals surface area contributed by atoms with Crippen LogP contribution in [0, 0.1) is 0 Å². The second-order valence-electron chi connectivity index (χ2n) is 3.99. The molecule has 1 fully saturated rings. The Hall–Kier alpha value is -0.480. The number of hydrogen-bond acceptors (Lipinski definition) is 3. The van der Waals surface area contributed by atoms with Crippen LogP contribution in [-0.2, 0) is 13.0 Å². The van der Waals surface area contributed by atoms with E-state index in [1.807, 2.05) is 0 Å². The normalized spacial score (nSPS) is 26.4. The monoisotopic (exact) mass is 209 g/mol. The fourth-order valence-corrected chi connectivity index (χ4v) is 3.63. The van der Waals surface area contributed by atoms with Crippen molar-refractivity contribution in [2.45, 2.75) is 31.1 Å². The van der Waals surface area contributed by atoms with Gasteiger partial charge in [-0.25, -0.2) is 0 Å². The molecule has 2 aliphatic heterocycles. The molecule has 0 aromatic carbocycles. The number of hydrogen-bond donors (Lipinski definition) is 2. The predicted octanol–water partition coefficient (Wildman–Crippen LogP) is 1.62. The van der Waals surface area contributed by atoms with Crippen LogP contribution in [-0.4, -0.2) is 22.5 Å². The zero-order valence-electron chi connectivity index (χ0n) is 8.18. The molecule has 0 aliphatic carbocycles. The molecule has 1 aromatic rings. The highest BCUT2D eigenvalue weighted by atomic mass is 32.2. The summed E-state index contributed by atoms with van der Waals surface area (Å²) < 4.78 is 0. The summed E-state index contributed by atoms with van der Waals surface area (Å²) in [7, 11) is 0. The van der Waals surface area contributed by atoms with E-state index in [4.69, 9.17) is 0 Å². The van der Waals surface area contributed by atoms with Crippen LogP contribution >= 0.6 is 11.8 Å². The Kier molecular flexibility index (Phi) is 2.25. The van der Waals surface area contributed by atoms with Crippen LogP contribution in [0.3, 0.4) is 0 Å². The average molecular weight is 209 g/mol. The summed E-state index contributed by atoms with van der Waals surface area (Å²) >= 11 is 2.07. The fraction of sp³-hybridized carbons (Fsp3) is 0.700. The molecular formula is C10H15N3S. The number of thioether (sulfide) groups is 1. The third-order valence-electron chi connectivity index (χ3n) is 3.07. The van der Waals surface area contributed by atoms with Crippen molar-refractivity contribution in [1.29, 1.82) is 0 Å². The van der Waals surface area contributed by atoms with Gasteiger partial charge in [0.05, 0.1) is 11.4 Å². The van der Waals surface area contributed by atoms with E-state index in [1.54, 1.807) is 0 Å². The minimum atomic E-state index is 0.674. The van der Waals surface area contributed by atoms with E-state index >= 15 is 0 Å². The molecule has 1 aromatic heterocycles. The summed E-state index contributed by atoms with van der Waals surface area (Å²) in [5, 5.41) is 11.7. The highest BCUT2D eigenvalue weighted by molar-refractivity contribution is 7.99. The number of H-pyrrole nitrogens is 1. The molecule has 4 heteroatoms. The Labute approximate surface area is 88.0 Å². The zero-order chi connectivity index (χ0) is 9.38. The lowest BCUT2D eigenvalue weighted by atomic mass is 10.0. The summed E-state index contributed by atoms with van der Waals surface area (Å²) in [5.74, 6) is 1.31. The van der Waals surface area contributed by atoms with Crippen molar-refractivity contribution in [2.75, 3.05) is 12.3 Å². The number of aromatic amines is 1. The molecule has 0 radical (unpaired) electrons. The first kappa shape index (κ1) is 8.80. The van der Waals surface area contributed by atoms with Gasteiger partial charge in [0, 0.05) is 11.8 Å². The number of nitrogens with one attached hydrogen (secondary N) is 2. The maximum Gasteiger partial charge on any atom is 0.0787 e. The highest BCUT2D eigenvalue weighted by Gasteiger charge is 2.25. The molecule has 2 aliphatic rings. The topological polar surface area (TPSA) is 40.7 Å². The first-order valence-corrected chi connectivity index (χ1v) is 6.38. The first-order valence-electron chi connectivity index (χ1n) is 5.33. The molecule has 0 spiro atoms. The van der Waals surface area contributed by atoms with Gasteiger partial charge in [0.2, 0.25) is 0 Å². The fourth-order valence-electron chi connectivity index (χ4n) is 2.33. The van der Waals surface area contributed by atoms with Crippen LogP contribution in [0.2, 0.25) is 0 Å². The summed E-state index contributed by atoms with van der Waals surface area (Å²) in [6.45, 7) is 2.08. The standard InChI is InChI=1S/C10H15N3S/c1-2-9(14-5-1)10-7-3-4-11-6-8(7)12-13-10/h9,11H,1-6H2,(H,12,13). The van der Waals surface area contributed by atoms with Gasteiger partial charge in [-0.1, -0.05) is 0 Å². The third-order valence-corrected chi connectivity index (χ3v) is 4.46. The number of fused-ring (bicyclic) bond motifs is 1. The number of rotatable bonds is 1. The van der Waals surface area contributed by atoms with Gasteiger partial charge in [0.15, 0.2) is 0 Å². The minimum absolute atomic E-state index is 0.674. The van der Waals surface area contributed by atoms with Crippen molar-refractivity contribution < 1.29 is 0 Å². The second-order valence-corrected chi connectivity index (χ2v) is 5.31. The van der Waals surface area contributed by atoms with E-state index in [1.165, 1.54) is 35.5 Å². The van der Waals surface area contributed by atoms with Crippen LogP contribution in [0.1, 0.15) is 35.0 Å². The molecule has 3 rings (SSSR count). The average Bonchev–Trinajstić information content (AvgIpc) is 2.85. The van der Waals surface area contributed by atoms with Gasteiger partial charge in [-0.2, -0.15) is 16.9 Å². The van der Waals surface area contributed by atoms with Gasteiger partial charge >= 0.3 is 0 Å². The number of nitrogens with zero attached hydrogens (tertiary/aromatic N) is 1. The van der Waals surface area contributed by atoms with Gasteiger partial charge in [-0.05, 0) is 37.1 Å². The van der Waals surface area contributed by atoms with Gasteiger partial charge in [-0.15, -0.1) is 0 Å². The molecule has 1 saturated heterocycles. The Morgan fingerprint density at radius 2 is 2.43 bits per heavy atom. The van der Waals surface area contributed by atoms with Crippen LogP contribution in [0.25, 0.3) is 0 Å². The Morgan fingerprint density at radius 1 is 1.43 bits per heavy atom. The SMILES string of the molecule is C1CSC(c2n[nH]c3c2CCNC3)C1. The van der Waals surface area contributed by atoms with Gasteiger partial charge in [0.25, 0.3) is 0 Å². The molecule has 0 bridgehead atoms. The molecule has 14 heavy (non-hydrogen) atoms. The van der Waals surface area contributed by atoms with Crippen LogP contribution in [0.15, 0.2) is 0 Å². The second kappa shape index (κ2) is 3.59. The molecular weight excluding hydrogens is 194 g/mol. The van der Waals surface area contributed by atoms with E-state index in [-0.39, 0.29) is 0 Å². The molecule has 0 saturated carbocycles. The summed E-state index contributed by atoms with van der Waals surface area (Å²) in [4.78, 5) is 0. The molecule has 3 nitrogen and oxygen atoms in total. The summed E-state index contributed by atoms with van der Waals surface area (Å²) in [5.41, 5.74) is 4.17. The lowest BCUT2D eigenvalue weighted by Gasteiger charge is -2.14. The maximum atomic E-state index is 4.49. The third kappa shape index (κ3) is 1.37. The lowest BCUT2D eigenvalue weighted by Crippen LogP contribution is -2.23. The van der Waals surface area contributed by atoms with Crippen LogP contribution in [0.5, 0.6) is 0 Å². The van der Waals surface area contributed by atoms with Crippen molar-refractivity contribution in [3.8, 4) is 0 Å². The Bertz CT molecular complexity index is 328. The van der Waals surface area contributed by atoms with Crippen molar-refractivity contribution >= 4 is 11.8 Å². The molecule has 2 N–H and O–H groups in total. The largest absolute Gasteiger partial charge is 0.311 e. The molecule has 0 amide bonds. The summed E-state index contributed by atoms with van der Waals surface area (Å²) in [6.07, 6.45) is 3.82. The Morgan fingerprint density at radius 3 is 3.29 bits per heavy atom. The smallest absolute Gasteiger partial charge is 0.0787 e. The Balaban J connectivity index is 1.93. The zero-order valence-corrected chi connectivity index (χ0v) is 8.99. The van der Waals surface area contributed by atoms with Gasteiger partial charge < -0.3 is 5.32 Å². The van der Waals surface area contributed by atoms with Crippen LogP contribution in [0.4, 0.5) is 0 Å².